The van der Waals surface area contributed by atoms with Gasteiger partial charge < -0.3 is 29.6 Å². The van der Waals surface area contributed by atoms with E-state index in [1.807, 2.05) is 30.3 Å². The fourth-order valence-electron chi connectivity index (χ4n) is 5.21. The van der Waals surface area contributed by atoms with Crippen molar-refractivity contribution in [2.24, 2.45) is 0 Å². The molecular formula is C29H37N5O9S. The Labute approximate surface area is 255 Å². The number of anilines is 1. The zero-order valence-electron chi connectivity index (χ0n) is 24.3. The van der Waals surface area contributed by atoms with Gasteiger partial charge in [0, 0.05) is 6.42 Å². The summed E-state index contributed by atoms with van der Waals surface area (Å²) in [7, 11) is -3.10. The van der Waals surface area contributed by atoms with E-state index < -0.39 is 47.0 Å². The molecule has 2 heterocycles. The lowest BCUT2D eigenvalue weighted by atomic mass is 10.0. The van der Waals surface area contributed by atoms with Gasteiger partial charge in [0.05, 0.1) is 61.0 Å². The highest BCUT2D eigenvalue weighted by Gasteiger charge is 2.35. The maximum atomic E-state index is 14.0. The topological polar surface area (TPSA) is 181 Å². The summed E-state index contributed by atoms with van der Waals surface area (Å²) in [5.41, 5.74) is 1.59. The van der Waals surface area contributed by atoms with Gasteiger partial charge in [-0.15, -0.1) is 0 Å². The minimum Gasteiger partial charge on any atom is -0.453 e. The van der Waals surface area contributed by atoms with Crippen LogP contribution in [0.2, 0.25) is 0 Å². The van der Waals surface area contributed by atoms with Crippen LogP contribution in [-0.4, -0.2) is 91.4 Å². The summed E-state index contributed by atoms with van der Waals surface area (Å²) < 4.78 is 44.1. The van der Waals surface area contributed by atoms with E-state index in [1.165, 1.54) is 25.3 Å². The van der Waals surface area contributed by atoms with Crippen molar-refractivity contribution < 1.29 is 42.2 Å². The lowest BCUT2D eigenvalue weighted by molar-refractivity contribution is -0.145. The number of nitrogens with zero attached hydrogens (tertiary/aromatic N) is 2. The molecule has 14 nitrogen and oxygen atoms in total. The maximum absolute atomic E-state index is 14.0. The first kappa shape index (κ1) is 31.7. The van der Waals surface area contributed by atoms with E-state index in [0.717, 1.165) is 22.9 Å². The first-order valence-electron chi connectivity index (χ1n) is 14.5. The molecule has 2 aromatic carbocycles. The van der Waals surface area contributed by atoms with Gasteiger partial charge in [-0.25, -0.2) is 23.0 Å². The number of nitrogens with one attached hydrogen (secondary N) is 3. The van der Waals surface area contributed by atoms with Crippen LogP contribution < -0.4 is 10.6 Å². The number of imidazole rings is 1. The van der Waals surface area contributed by atoms with Crippen LogP contribution in [0.4, 0.5) is 15.5 Å². The second-order valence-corrected chi connectivity index (χ2v) is 12.6. The van der Waals surface area contributed by atoms with Crippen LogP contribution in [0.1, 0.15) is 37.7 Å². The van der Waals surface area contributed by atoms with E-state index in [2.05, 4.69) is 25.3 Å². The third-order valence-electron chi connectivity index (χ3n) is 7.56. The standard InChI is InChI=1S/C29H37N5O9S/c1-40-28(36)33-27-30-23-12-11-22(16-24(23)31-27)44(38,39)34(43-20-9-5-6-10-20)17-26(35)25(15-19-7-3-2-4-8-19)32-29(37)42-21-13-14-41-18-21/h2-4,7-8,11-12,16,20-21,25-26,35H,5-6,9-10,13-15,17-18H2,1H3,(H,32,37)(H2,30,31,33,36)/t21-,25-,26-/m0/s1. The maximum Gasteiger partial charge on any atom is 0.413 e. The van der Waals surface area contributed by atoms with Gasteiger partial charge in [0.2, 0.25) is 5.95 Å². The van der Waals surface area contributed by atoms with Gasteiger partial charge in [0.1, 0.15) is 6.10 Å². The molecular weight excluding hydrogens is 594 g/mol. The summed E-state index contributed by atoms with van der Waals surface area (Å²) in [5.74, 6) is 0.0850. The molecule has 2 amide bonds. The van der Waals surface area contributed by atoms with Crippen LogP contribution in [0.25, 0.3) is 11.0 Å². The number of hydrogen-bond acceptors (Lipinski definition) is 10. The van der Waals surface area contributed by atoms with E-state index in [-0.39, 0.29) is 23.4 Å². The number of amides is 2. The number of ether oxygens (including phenoxy) is 3. The second-order valence-electron chi connectivity index (χ2n) is 10.8. The van der Waals surface area contributed by atoms with Crippen molar-refractivity contribution in [2.45, 2.75) is 67.8 Å². The molecule has 1 saturated heterocycles. The first-order chi connectivity index (χ1) is 21.2. The number of hydrogen-bond donors (Lipinski definition) is 4. The van der Waals surface area contributed by atoms with Gasteiger partial charge in [-0.05, 0) is 43.0 Å². The molecule has 2 fully saturated rings. The summed E-state index contributed by atoms with van der Waals surface area (Å²) in [6, 6.07) is 12.6. The van der Waals surface area contributed by atoms with Crippen molar-refractivity contribution in [2.75, 3.05) is 32.2 Å². The molecule has 3 aromatic rings. The predicted octanol–water partition coefficient (Wildman–Crippen LogP) is 3.09. The summed E-state index contributed by atoms with van der Waals surface area (Å²) in [4.78, 5) is 37.4. The number of benzene rings is 2. The Morgan fingerprint density at radius 2 is 1.89 bits per heavy atom. The van der Waals surface area contributed by atoms with Crippen molar-refractivity contribution in [3.63, 3.8) is 0 Å². The van der Waals surface area contributed by atoms with E-state index in [1.54, 1.807) is 0 Å². The van der Waals surface area contributed by atoms with Crippen molar-refractivity contribution in [1.82, 2.24) is 19.8 Å². The zero-order valence-corrected chi connectivity index (χ0v) is 25.1. The number of fused-ring (bicyclic) bond motifs is 1. The molecule has 0 bridgehead atoms. The Morgan fingerprint density at radius 1 is 1.11 bits per heavy atom. The smallest absolute Gasteiger partial charge is 0.413 e. The Balaban J connectivity index is 1.38. The number of rotatable bonds is 12. The van der Waals surface area contributed by atoms with E-state index in [9.17, 15) is 23.1 Å². The summed E-state index contributed by atoms with van der Waals surface area (Å²) >= 11 is 0. The zero-order chi connectivity index (χ0) is 31.1. The molecule has 5 rings (SSSR count). The number of aromatic nitrogens is 2. The van der Waals surface area contributed by atoms with Gasteiger partial charge in [0.25, 0.3) is 10.0 Å². The van der Waals surface area contributed by atoms with E-state index in [0.29, 0.717) is 43.5 Å². The molecule has 1 aliphatic carbocycles. The van der Waals surface area contributed by atoms with Crippen LogP contribution in [-0.2, 0) is 35.5 Å². The number of methoxy groups -OCH3 is 1. The van der Waals surface area contributed by atoms with Crippen LogP contribution >= 0.6 is 0 Å². The average Bonchev–Trinajstić information content (AvgIpc) is 3.79. The number of aliphatic hydroxyl groups excluding tert-OH is 1. The highest BCUT2D eigenvalue weighted by Crippen LogP contribution is 2.28. The number of aromatic amines is 1. The number of sulfonamides is 1. The number of hydroxylamine groups is 1. The quantitative estimate of drug-likeness (QED) is 0.217. The largest absolute Gasteiger partial charge is 0.453 e. The minimum absolute atomic E-state index is 0.0850. The highest BCUT2D eigenvalue weighted by molar-refractivity contribution is 7.89. The molecule has 0 unspecified atom stereocenters. The van der Waals surface area contributed by atoms with E-state index >= 15 is 0 Å². The summed E-state index contributed by atoms with van der Waals surface area (Å²) in [5, 5.41) is 16.6. The van der Waals surface area contributed by atoms with Crippen LogP contribution in [0, 0.1) is 0 Å². The Bertz CT molecular complexity index is 1520. The normalized spacial score (nSPS) is 18.8. The van der Waals surface area contributed by atoms with Gasteiger partial charge in [0.15, 0.2) is 0 Å². The minimum atomic E-state index is -4.32. The van der Waals surface area contributed by atoms with Gasteiger partial charge in [-0.2, -0.15) is 0 Å². The van der Waals surface area contributed by atoms with Crippen LogP contribution in [0.5, 0.6) is 0 Å². The van der Waals surface area contributed by atoms with Crippen LogP contribution in [0.15, 0.2) is 53.4 Å². The molecule has 3 atom stereocenters. The molecule has 0 radical (unpaired) electrons. The predicted molar refractivity (Wildman–Crippen MR) is 158 cm³/mol. The number of H-pyrrole nitrogens is 1. The molecule has 1 aromatic heterocycles. The van der Waals surface area contributed by atoms with Gasteiger partial charge in [-0.1, -0.05) is 47.6 Å². The third-order valence-corrected chi connectivity index (χ3v) is 9.18. The molecule has 0 spiro atoms. The first-order valence-corrected chi connectivity index (χ1v) is 16.0. The van der Waals surface area contributed by atoms with Gasteiger partial charge >= 0.3 is 12.2 Å². The monoisotopic (exact) mass is 631 g/mol. The van der Waals surface area contributed by atoms with Crippen molar-refractivity contribution >= 4 is 39.2 Å². The fourth-order valence-corrected chi connectivity index (χ4v) is 6.53. The summed E-state index contributed by atoms with van der Waals surface area (Å²) in [6.07, 6.45) is 0.340. The van der Waals surface area contributed by atoms with Gasteiger partial charge in [-0.3, -0.25) is 10.2 Å². The van der Waals surface area contributed by atoms with Crippen molar-refractivity contribution in [3.8, 4) is 0 Å². The molecule has 1 saturated carbocycles. The molecule has 15 heteroatoms. The molecule has 2 aliphatic rings. The lowest BCUT2D eigenvalue weighted by Crippen LogP contribution is -2.51. The number of carbonyl (C=O) groups is 2. The Hall–Kier alpha value is -3.76. The molecule has 4 N–H and O–H groups in total. The second kappa shape index (κ2) is 14.3. The summed E-state index contributed by atoms with van der Waals surface area (Å²) in [6.45, 7) is 0.327. The number of carbonyl (C=O) groups excluding carboxylic acids is 2. The number of alkyl carbamates (subject to hydrolysis) is 1. The van der Waals surface area contributed by atoms with E-state index in [4.69, 9.17) is 14.3 Å². The average molecular weight is 632 g/mol. The van der Waals surface area contributed by atoms with Crippen molar-refractivity contribution in [3.05, 3.63) is 54.1 Å². The van der Waals surface area contributed by atoms with Crippen LogP contribution in [0.3, 0.4) is 0 Å². The molecule has 44 heavy (non-hydrogen) atoms. The Kier molecular flexibility index (Phi) is 10.3. The lowest BCUT2D eigenvalue weighted by Gasteiger charge is -2.30. The highest BCUT2D eigenvalue weighted by atomic mass is 32.2. The molecule has 1 aliphatic heterocycles. The van der Waals surface area contributed by atoms with Crippen molar-refractivity contribution in [1.29, 1.82) is 0 Å². The third kappa shape index (κ3) is 8.04. The fraction of sp³-hybridized carbons (Fsp3) is 0.483. The Morgan fingerprint density at radius 3 is 2.59 bits per heavy atom. The number of aliphatic hydroxyl groups is 1. The molecule has 238 valence electrons. The SMILES string of the molecule is COC(=O)Nc1nc2ccc(S(=O)(=O)N(C[C@H](O)[C@H](Cc3ccccc3)NC(=O)O[C@H]3CCOC3)OC3CCCC3)cc2[nH]1.